The van der Waals surface area contributed by atoms with E-state index in [4.69, 9.17) is 0 Å². The van der Waals surface area contributed by atoms with Crippen molar-refractivity contribution in [1.29, 1.82) is 0 Å². The Hall–Kier alpha value is -1.79. The van der Waals surface area contributed by atoms with Gasteiger partial charge in [-0.15, -0.1) is 11.3 Å². The van der Waals surface area contributed by atoms with E-state index in [-0.39, 0.29) is 15.6 Å². The summed E-state index contributed by atoms with van der Waals surface area (Å²) in [4.78, 5) is 12.4. The van der Waals surface area contributed by atoms with E-state index in [9.17, 15) is 21.6 Å². The molecule has 1 aliphatic heterocycles. The third-order valence-corrected chi connectivity index (χ3v) is 9.98. The quantitative estimate of drug-likeness (QED) is 0.668. The number of thiophene rings is 1. The summed E-state index contributed by atoms with van der Waals surface area (Å²) < 4.78 is 53.0. The van der Waals surface area contributed by atoms with Gasteiger partial charge in [0.15, 0.2) is 0 Å². The molecule has 1 aromatic carbocycles. The van der Waals surface area contributed by atoms with Gasteiger partial charge in [-0.2, -0.15) is 8.61 Å². The first-order valence-corrected chi connectivity index (χ1v) is 13.3. The number of rotatable bonds is 7. The Morgan fingerprint density at radius 3 is 2.50 bits per heavy atom. The molecule has 8 nitrogen and oxygen atoms in total. The molecule has 0 aliphatic carbocycles. The number of amides is 1. The Kier molecular flexibility index (Phi) is 6.98. The maximum atomic E-state index is 12.8. The summed E-state index contributed by atoms with van der Waals surface area (Å²) in [5, 5.41) is 4.26. The zero-order valence-electron chi connectivity index (χ0n) is 16.8. The summed E-state index contributed by atoms with van der Waals surface area (Å²) in [7, 11) is -5.95. The number of nitrogens with zero attached hydrogens (tertiary/aromatic N) is 2. The highest BCUT2D eigenvalue weighted by Gasteiger charge is 2.28. The third-order valence-electron chi connectivity index (χ3n) is 4.92. The van der Waals surface area contributed by atoms with Gasteiger partial charge in [0.05, 0.1) is 11.4 Å². The van der Waals surface area contributed by atoms with Crippen LogP contribution in [0.15, 0.2) is 50.9 Å². The van der Waals surface area contributed by atoms with Crippen molar-refractivity contribution < 1.29 is 21.6 Å². The lowest BCUT2D eigenvalue weighted by molar-refractivity contribution is -0.116. The van der Waals surface area contributed by atoms with Crippen molar-refractivity contribution in [3.63, 3.8) is 0 Å². The van der Waals surface area contributed by atoms with Gasteiger partial charge in [-0.25, -0.2) is 16.8 Å². The normalized spacial score (nSPS) is 18.4. The van der Waals surface area contributed by atoms with Gasteiger partial charge >= 0.3 is 0 Å². The van der Waals surface area contributed by atoms with Crippen molar-refractivity contribution >= 4 is 43.0 Å². The van der Waals surface area contributed by atoms with Gasteiger partial charge in [-0.05, 0) is 54.5 Å². The molecule has 0 spiro atoms. The number of anilines is 1. The minimum absolute atomic E-state index is 0.166. The number of carbonyl (C=O) groups is 1. The highest BCUT2D eigenvalue weighted by molar-refractivity contribution is 7.91. The molecule has 1 aliphatic rings. The lowest BCUT2D eigenvalue weighted by atomic mass is 10.0. The number of benzene rings is 1. The van der Waals surface area contributed by atoms with Gasteiger partial charge in [0.25, 0.3) is 10.0 Å². The number of carbonyl (C=O) groups excluding carboxylic acids is 1. The molecular formula is C19H25N3O5S3. The van der Waals surface area contributed by atoms with Crippen molar-refractivity contribution in [2.75, 3.05) is 32.0 Å². The van der Waals surface area contributed by atoms with Gasteiger partial charge in [0, 0.05) is 25.8 Å². The van der Waals surface area contributed by atoms with Crippen LogP contribution in [-0.4, -0.2) is 58.0 Å². The van der Waals surface area contributed by atoms with E-state index >= 15 is 0 Å². The van der Waals surface area contributed by atoms with Crippen LogP contribution < -0.4 is 5.32 Å². The first-order valence-electron chi connectivity index (χ1n) is 9.50. The van der Waals surface area contributed by atoms with Crippen molar-refractivity contribution in [2.24, 2.45) is 5.92 Å². The number of hydrogen-bond donors (Lipinski definition) is 1. The van der Waals surface area contributed by atoms with E-state index < -0.39 is 26.0 Å². The lowest BCUT2D eigenvalue weighted by Gasteiger charge is -2.30. The second kappa shape index (κ2) is 9.15. The summed E-state index contributed by atoms with van der Waals surface area (Å²) in [6, 6.07) is 9.03. The molecule has 30 heavy (non-hydrogen) atoms. The average molecular weight is 472 g/mol. The smallest absolute Gasteiger partial charge is 0.252 e. The predicted octanol–water partition coefficient (Wildman–Crippen LogP) is 2.43. The lowest BCUT2D eigenvalue weighted by Crippen LogP contribution is -2.39. The van der Waals surface area contributed by atoms with Crippen molar-refractivity contribution in [3.05, 3.63) is 41.8 Å². The van der Waals surface area contributed by atoms with E-state index in [1.165, 1.54) is 41.7 Å². The van der Waals surface area contributed by atoms with Crippen LogP contribution in [0.2, 0.25) is 0 Å². The highest BCUT2D eigenvalue weighted by Crippen LogP contribution is 2.24. The van der Waals surface area contributed by atoms with Crippen LogP contribution in [0.25, 0.3) is 0 Å². The van der Waals surface area contributed by atoms with Gasteiger partial charge in [-0.3, -0.25) is 4.79 Å². The fourth-order valence-corrected chi connectivity index (χ4v) is 7.20. The van der Waals surface area contributed by atoms with Gasteiger partial charge in [0.1, 0.15) is 4.21 Å². The van der Waals surface area contributed by atoms with Crippen LogP contribution in [0.4, 0.5) is 5.69 Å². The van der Waals surface area contributed by atoms with Gasteiger partial charge in [0.2, 0.25) is 15.9 Å². The Bertz CT molecular complexity index is 1080. The Morgan fingerprint density at radius 2 is 1.90 bits per heavy atom. The topological polar surface area (TPSA) is 104 Å². The third kappa shape index (κ3) is 5.09. The van der Waals surface area contributed by atoms with Crippen molar-refractivity contribution in [3.8, 4) is 0 Å². The second-order valence-electron chi connectivity index (χ2n) is 7.38. The Balaban J connectivity index is 1.63. The van der Waals surface area contributed by atoms with Gasteiger partial charge < -0.3 is 5.32 Å². The Morgan fingerprint density at radius 1 is 1.20 bits per heavy atom. The molecule has 0 saturated carbocycles. The molecule has 11 heteroatoms. The first-order chi connectivity index (χ1) is 14.1. The SMILES string of the molecule is CC1CCCN(S(=O)(=O)c2ccc(NC(=O)CN(C)S(=O)(=O)c3cccs3)cc2)C1. The van der Waals surface area contributed by atoms with E-state index in [2.05, 4.69) is 5.32 Å². The zero-order valence-corrected chi connectivity index (χ0v) is 19.3. The minimum atomic E-state index is -3.72. The maximum Gasteiger partial charge on any atom is 0.252 e. The van der Waals surface area contributed by atoms with Crippen molar-refractivity contribution in [1.82, 2.24) is 8.61 Å². The fourth-order valence-electron chi connectivity index (χ4n) is 3.28. The number of likely N-dealkylation sites (N-methyl/N-ethyl adjacent to an activating group) is 1. The number of sulfonamides is 2. The van der Waals surface area contributed by atoms with Crippen LogP contribution in [0.3, 0.4) is 0 Å². The fraction of sp³-hybridized carbons (Fsp3) is 0.421. The number of nitrogens with one attached hydrogen (secondary N) is 1. The molecule has 0 bridgehead atoms. The molecule has 1 fully saturated rings. The Labute approximate surface area is 181 Å². The van der Waals surface area contributed by atoms with E-state index in [0.29, 0.717) is 24.7 Å². The van der Waals surface area contributed by atoms with Crippen molar-refractivity contribution in [2.45, 2.75) is 28.9 Å². The standard InChI is InChI=1S/C19H25N3O5S3/c1-15-5-3-11-22(13-15)29(24,25)17-9-7-16(8-10-17)20-18(23)14-21(2)30(26,27)19-6-4-12-28-19/h4,6-10,12,15H,3,5,11,13-14H2,1-2H3,(H,20,23). The summed E-state index contributed by atoms with van der Waals surface area (Å²) in [5.74, 6) is -0.187. The molecule has 1 amide bonds. The zero-order chi connectivity index (χ0) is 21.9. The summed E-state index contributed by atoms with van der Waals surface area (Å²) in [6.07, 6.45) is 1.87. The van der Waals surface area contributed by atoms with E-state index in [0.717, 1.165) is 28.5 Å². The molecule has 1 unspecified atom stereocenters. The summed E-state index contributed by atoms with van der Waals surface area (Å²) >= 11 is 1.08. The molecule has 3 rings (SSSR count). The molecule has 1 N–H and O–H groups in total. The van der Waals surface area contributed by atoms with Crippen LogP contribution in [0, 0.1) is 5.92 Å². The molecule has 164 valence electrons. The predicted molar refractivity (Wildman–Crippen MR) is 116 cm³/mol. The highest BCUT2D eigenvalue weighted by atomic mass is 32.2. The van der Waals surface area contributed by atoms with Gasteiger partial charge in [-0.1, -0.05) is 13.0 Å². The van der Waals surface area contributed by atoms with Crippen LogP contribution >= 0.6 is 11.3 Å². The average Bonchev–Trinajstić information content (AvgIpc) is 3.24. The number of piperidine rings is 1. The van der Waals surface area contributed by atoms with Crippen LogP contribution in [0.5, 0.6) is 0 Å². The summed E-state index contributed by atoms with van der Waals surface area (Å²) in [5.41, 5.74) is 0.396. The monoisotopic (exact) mass is 471 g/mol. The molecule has 1 atom stereocenters. The largest absolute Gasteiger partial charge is 0.325 e. The van der Waals surface area contributed by atoms with Crippen LogP contribution in [-0.2, 0) is 24.8 Å². The first kappa shape index (κ1) is 22.9. The molecule has 0 radical (unpaired) electrons. The summed E-state index contributed by atoms with van der Waals surface area (Å²) in [6.45, 7) is 2.70. The van der Waals surface area contributed by atoms with Crippen LogP contribution in [0.1, 0.15) is 19.8 Å². The molecule has 2 heterocycles. The molecule has 1 aromatic heterocycles. The minimum Gasteiger partial charge on any atom is -0.325 e. The number of hydrogen-bond acceptors (Lipinski definition) is 6. The van der Waals surface area contributed by atoms with E-state index in [1.807, 2.05) is 6.92 Å². The molecule has 1 saturated heterocycles. The second-order valence-corrected chi connectivity index (χ2v) is 12.5. The maximum absolute atomic E-state index is 12.8. The van der Waals surface area contributed by atoms with E-state index in [1.54, 1.807) is 11.4 Å². The molecule has 2 aromatic rings. The molecular weight excluding hydrogens is 446 g/mol.